The molecule has 2 aromatic heterocycles. The van der Waals surface area contributed by atoms with Crippen LogP contribution < -0.4 is 25.8 Å². The zero-order valence-corrected chi connectivity index (χ0v) is 26.9. The Morgan fingerprint density at radius 1 is 1.34 bits per heavy atom. The minimum absolute atomic E-state index is 0.0509. The number of nitrogens with zero attached hydrogens (tertiary/aromatic N) is 5. The quantitative estimate of drug-likeness (QED) is 0.0378. The van der Waals surface area contributed by atoms with Gasteiger partial charge in [-0.05, 0) is 32.0 Å². The molecule has 19 nitrogen and oxygen atoms in total. The molecule has 21 heteroatoms. The van der Waals surface area contributed by atoms with Crippen LogP contribution in [0.1, 0.15) is 19.5 Å². The maximum atomic E-state index is 13.2. The molecule has 2 aliphatic rings. The third kappa shape index (κ3) is 7.29. The fourth-order valence-electron chi connectivity index (χ4n) is 5.18. The number of aliphatic hydroxyl groups is 1. The highest BCUT2D eigenvalue weighted by molar-refractivity contribution is 7.80. The molecule has 2 amide bonds. The molecule has 4 heterocycles. The number of benzene rings is 1. The van der Waals surface area contributed by atoms with Crippen molar-refractivity contribution < 1.29 is 56.1 Å². The number of hydrogen-bond acceptors (Lipinski definition) is 14. The molecule has 1 aromatic carbocycles. The molecule has 2 aliphatic heterocycles. The summed E-state index contributed by atoms with van der Waals surface area (Å²) >= 11 is 0.957. The molecule has 254 valence electrons. The van der Waals surface area contributed by atoms with Crippen LogP contribution in [0.2, 0.25) is 0 Å². The van der Waals surface area contributed by atoms with Crippen LogP contribution in [0.15, 0.2) is 34.9 Å². The predicted molar refractivity (Wildman–Crippen MR) is 162 cm³/mol. The minimum Gasteiger partial charge on any atom is -0.489 e. The van der Waals surface area contributed by atoms with E-state index in [-0.39, 0.29) is 16.7 Å². The highest BCUT2D eigenvalue weighted by Crippen LogP contribution is 2.33. The Hall–Kier alpha value is -4.41. The fourth-order valence-corrected chi connectivity index (χ4v) is 6.18. The number of oxime groups is 1. The van der Waals surface area contributed by atoms with Gasteiger partial charge in [0.15, 0.2) is 17.4 Å². The highest BCUT2D eigenvalue weighted by atomic mass is 32.3. The third-order valence-corrected chi connectivity index (χ3v) is 8.81. The van der Waals surface area contributed by atoms with Crippen LogP contribution in [-0.2, 0) is 47.5 Å². The van der Waals surface area contributed by atoms with Gasteiger partial charge < -0.3 is 36.2 Å². The number of β-amino-alcohol motifs (C(OH)–C–C–N with tert-alkyl or cyclic N) is 1. The monoisotopic (exact) mass is 697 g/mol. The van der Waals surface area contributed by atoms with Crippen LogP contribution >= 0.6 is 11.3 Å². The van der Waals surface area contributed by atoms with Crippen molar-refractivity contribution in [3.05, 3.63) is 35.5 Å². The van der Waals surface area contributed by atoms with Crippen LogP contribution in [0.3, 0.4) is 0 Å². The van der Waals surface area contributed by atoms with Crippen molar-refractivity contribution in [2.75, 3.05) is 25.4 Å². The molecule has 3 aromatic rings. The summed E-state index contributed by atoms with van der Waals surface area (Å²) < 4.78 is 45.1. The first kappa shape index (κ1) is 33.9. The van der Waals surface area contributed by atoms with Crippen molar-refractivity contribution >= 4 is 61.3 Å². The van der Waals surface area contributed by atoms with E-state index in [9.17, 15) is 33.0 Å². The van der Waals surface area contributed by atoms with E-state index in [1.807, 2.05) is 22.6 Å². The van der Waals surface area contributed by atoms with Gasteiger partial charge in [0.1, 0.15) is 29.6 Å². The lowest BCUT2D eigenvalue weighted by Crippen LogP contribution is -2.76. The van der Waals surface area contributed by atoms with Gasteiger partial charge >= 0.3 is 16.4 Å². The summed E-state index contributed by atoms with van der Waals surface area (Å²) in [7, 11) is -3.13. The zero-order chi connectivity index (χ0) is 34.3. The molecule has 0 saturated carbocycles. The van der Waals surface area contributed by atoms with E-state index in [1.165, 1.54) is 19.2 Å². The number of fused-ring (bicyclic) bond motifs is 1. The number of anilines is 1. The Morgan fingerprint density at radius 2 is 2.09 bits per heavy atom. The zero-order valence-electron chi connectivity index (χ0n) is 25.3. The third-order valence-electron chi connectivity index (χ3n) is 7.80. The number of hydrogen-bond donors (Lipinski definition) is 6. The van der Waals surface area contributed by atoms with Gasteiger partial charge in [0.05, 0.1) is 30.0 Å². The summed E-state index contributed by atoms with van der Waals surface area (Å²) in [6.07, 6.45) is -0.239. The molecule has 0 bridgehead atoms. The summed E-state index contributed by atoms with van der Waals surface area (Å²) in [6, 6.07) is 3.85. The Labute approximate surface area is 271 Å². The van der Waals surface area contributed by atoms with Crippen molar-refractivity contribution in [1.82, 2.24) is 25.4 Å². The molecule has 1 unspecified atom stereocenters. The molecular formula is C26H33N8O11S2+. The lowest BCUT2D eigenvalue weighted by atomic mass is 9.84. The number of carbonyl (C=O) groups is 3. The predicted octanol–water partition coefficient (Wildman–Crippen LogP) is -1.82. The second-order valence-electron chi connectivity index (χ2n) is 11.4. The second kappa shape index (κ2) is 13.0. The summed E-state index contributed by atoms with van der Waals surface area (Å²) in [5.74, 6) is -3.09. The van der Waals surface area contributed by atoms with Gasteiger partial charge in [-0.1, -0.05) is 5.16 Å². The van der Waals surface area contributed by atoms with E-state index in [0.29, 0.717) is 30.4 Å². The summed E-state index contributed by atoms with van der Waals surface area (Å²) in [4.78, 5) is 47.0. The number of ether oxygens (including phenoxy) is 1. The van der Waals surface area contributed by atoms with Crippen LogP contribution in [-0.4, -0.2) is 105 Å². The SMILES string of the molecule is Cn1c2ccc(OCC(O/N=C(\C(=O)N[C@@H]3C(=O)N(OS(=O)(=O)O)C3(C)C)c3csc(N)n3)C(=O)O)cc2c[n+]1C[C@H]1CNC[C@H]1O. The standard InChI is InChI=1S/C26H32N8O11S2/c1-26(2)21(23(37)34(26)45-47(40,41)42)30-22(36)20(16-12-46-25(27)29-16)31-44-19(24(38)39)11-43-15-4-5-17-13(6-15)9-33(32(17)3)10-14-7-28-8-18(14)35/h4-6,9,12,14,18-19,21,28,35H,7-8,10-11H2,1-3H3,(H4-,27,29,30,36,38,39,40,41,42)/p+1/b31-20-/t14-,18-,19?,21-/m1/s1. The van der Waals surface area contributed by atoms with Gasteiger partial charge in [0.2, 0.25) is 6.20 Å². The number of carboxylic acids is 1. The number of amides is 2. The Kier molecular flexibility index (Phi) is 9.39. The van der Waals surface area contributed by atoms with E-state index in [0.717, 1.165) is 22.2 Å². The Bertz CT molecular complexity index is 1840. The number of aliphatic hydroxyl groups excluding tert-OH is 1. The number of nitrogens with one attached hydrogen (secondary N) is 2. The van der Waals surface area contributed by atoms with Gasteiger partial charge in [-0.3, -0.25) is 14.1 Å². The molecule has 0 radical (unpaired) electrons. The van der Waals surface area contributed by atoms with Gasteiger partial charge in [0.25, 0.3) is 17.9 Å². The first-order valence-corrected chi connectivity index (χ1v) is 16.3. The number of nitrogen functional groups attached to an aromatic ring is 1. The van der Waals surface area contributed by atoms with Crippen LogP contribution in [0.5, 0.6) is 5.75 Å². The van der Waals surface area contributed by atoms with E-state index < -0.39 is 64.3 Å². The molecule has 0 spiro atoms. The highest BCUT2D eigenvalue weighted by Gasteiger charge is 2.58. The molecule has 7 N–H and O–H groups in total. The summed E-state index contributed by atoms with van der Waals surface area (Å²) in [6.45, 7) is 4.04. The van der Waals surface area contributed by atoms with E-state index in [4.69, 9.17) is 19.9 Å². The number of aromatic nitrogens is 3. The minimum atomic E-state index is -5.02. The van der Waals surface area contributed by atoms with Crippen molar-refractivity contribution in [1.29, 1.82) is 0 Å². The number of nitrogens with two attached hydrogens (primary N) is 1. The summed E-state index contributed by atoms with van der Waals surface area (Å²) in [5, 5.41) is 31.8. The average molecular weight is 698 g/mol. The lowest BCUT2D eigenvalue weighted by molar-refractivity contribution is -0.776. The summed E-state index contributed by atoms with van der Waals surface area (Å²) in [5.41, 5.74) is 4.54. The number of aliphatic carboxylic acids is 1. The van der Waals surface area contributed by atoms with Crippen molar-refractivity contribution in [3.8, 4) is 5.75 Å². The molecule has 47 heavy (non-hydrogen) atoms. The molecule has 2 saturated heterocycles. The van der Waals surface area contributed by atoms with Gasteiger partial charge in [-0.25, -0.2) is 9.78 Å². The first-order valence-electron chi connectivity index (χ1n) is 14.1. The topological polar surface area (TPSA) is 261 Å². The fraction of sp³-hybridized carbons (Fsp3) is 0.462. The number of rotatable bonds is 13. The van der Waals surface area contributed by atoms with Crippen LogP contribution in [0, 0.1) is 5.92 Å². The van der Waals surface area contributed by atoms with E-state index in [2.05, 4.69) is 25.1 Å². The van der Waals surface area contributed by atoms with Crippen LogP contribution in [0.25, 0.3) is 10.9 Å². The van der Waals surface area contributed by atoms with Gasteiger partial charge in [-0.2, -0.15) is 18.2 Å². The van der Waals surface area contributed by atoms with Gasteiger partial charge in [0, 0.05) is 18.5 Å². The molecule has 5 rings (SSSR count). The Balaban J connectivity index is 1.29. The van der Waals surface area contributed by atoms with Crippen molar-refractivity contribution in [2.45, 2.75) is 44.2 Å². The molecule has 4 atom stereocenters. The maximum absolute atomic E-state index is 13.2. The molecule has 2 fully saturated rings. The number of β-lactam (4-membered cyclic amide) rings is 1. The van der Waals surface area contributed by atoms with Gasteiger partial charge in [-0.15, -0.1) is 20.3 Å². The van der Waals surface area contributed by atoms with E-state index in [1.54, 1.807) is 18.2 Å². The van der Waals surface area contributed by atoms with E-state index >= 15 is 0 Å². The lowest BCUT2D eigenvalue weighted by Gasteiger charge is -2.50. The smallest absolute Gasteiger partial charge is 0.418 e. The number of aryl methyl sites for hydroxylation is 1. The largest absolute Gasteiger partial charge is 0.489 e. The second-order valence-corrected chi connectivity index (χ2v) is 13.3. The molecular weight excluding hydrogens is 664 g/mol. The van der Waals surface area contributed by atoms with Crippen LogP contribution in [0.4, 0.5) is 5.13 Å². The average Bonchev–Trinajstić information content (AvgIpc) is 3.69. The Morgan fingerprint density at radius 3 is 2.68 bits per heavy atom. The maximum Gasteiger partial charge on any atom is 0.418 e. The molecule has 0 aliphatic carbocycles. The number of hydroxylamine groups is 2. The first-order chi connectivity index (χ1) is 22.0. The number of thiazole rings is 1. The number of carboxylic acid groups (broad SMARTS) is 1. The van der Waals surface area contributed by atoms with Crippen molar-refractivity contribution in [2.24, 2.45) is 18.1 Å². The van der Waals surface area contributed by atoms with Crippen molar-refractivity contribution in [3.63, 3.8) is 0 Å². The number of carbonyl (C=O) groups excluding carboxylic acids is 2. The normalized spacial score (nSPS) is 21.8.